The number of nitrogens with one attached hydrogen (secondary N) is 2. The van der Waals surface area contributed by atoms with Crippen LogP contribution < -0.4 is 4.72 Å². The van der Waals surface area contributed by atoms with Crippen molar-refractivity contribution < 1.29 is 17.9 Å². The van der Waals surface area contributed by atoms with E-state index in [0.717, 1.165) is 11.1 Å². The van der Waals surface area contributed by atoms with Crippen LogP contribution in [0.25, 0.3) is 10.9 Å². The third kappa shape index (κ3) is 3.17. The molecule has 0 saturated carbocycles. The molecule has 3 aromatic rings. The number of methoxy groups -OCH3 is 1. The number of carbonyl (C=O) groups is 1. The maximum atomic E-state index is 12.9. The zero-order chi connectivity index (χ0) is 19.1. The Bertz CT molecular complexity index is 1110. The summed E-state index contributed by atoms with van der Waals surface area (Å²) >= 11 is 0. The van der Waals surface area contributed by atoms with E-state index >= 15 is 0 Å². The van der Waals surface area contributed by atoms with Gasteiger partial charge in [0.2, 0.25) is 0 Å². The van der Waals surface area contributed by atoms with Gasteiger partial charge in [0.1, 0.15) is 0 Å². The fourth-order valence-corrected chi connectivity index (χ4v) is 4.28. The molecule has 0 fully saturated rings. The highest BCUT2D eigenvalue weighted by atomic mass is 32.2. The van der Waals surface area contributed by atoms with Crippen molar-refractivity contribution in [2.45, 2.75) is 25.7 Å². The van der Waals surface area contributed by atoms with Gasteiger partial charge in [-0.05, 0) is 44.5 Å². The molecule has 2 N–H and O–H groups in total. The monoisotopic (exact) mass is 372 g/mol. The number of aromatic amines is 1. The molecule has 0 amide bonds. The summed E-state index contributed by atoms with van der Waals surface area (Å²) in [7, 11) is -2.63. The zero-order valence-electron chi connectivity index (χ0n) is 15.0. The van der Waals surface area contributed by atoms with E-state index in [-0.39, 0.29) is 16.3 Å². The number of carbonyl (C=O) groups excluding carboxylic acids is 1. The largest absolute Gasteiger partial charge is 0.464 e. The molecule has 1 aromatic heterocycles. The third-order valence-electron chi connectivity index (χ3n) is 4.20. The van der Waals surface area contributed by atoms with Gasteiger partial charge in [0, 0.05) is 10.9 Å². The average molecular weight is 372 g/mol. The Labute approximate surface area is 152 Å². The van der Waals surface area contributed by atoms with Crippen molar-refractivity contribution in [1.82, 2.24) is 4.98 Å². The maximum Gasteiger partial charge on any atom is 0.356 e. The molecule has 2 aromatic carbocycles. The minimum atomic E-state index is -3.88. The van der Waals surface area contributed by atoms with Crippen LogP contribution in [-0.2, 0) is 14.8 Å². The van der Waals surface area contributed by atoms with Gasteiger partial charge in [-0.2, -0.15) is 0 Å². The molecule has 3 rings (SSSR count). The van der Waals surface area contributed by atoms with Crippen molar-refractivity contribution in [3.05, 3.63) is 58.8 Å². The second-order valence-electron chi connectivity index (χ2n) is 6.29. The minimum Gasteiger partial charge on any atom is -0.464 e. The van der Waals surface area contributed by atoms with Gasteiger partial charge in [0.25, 0.3) is 10.0 Å². The second kappa shape index (κ2) is 6.49. The lowest BCUT2D eigenvalue weighted by Gasteiger charge is -2.12. The van der Waals surface area contributed by atoms with Crippen molar-refractivity contribution in [2.24, 2.45) is 0 Å². The minimum absolute atomic E-state index is 0.0708. The second-order valence-corrected chi connectivity index (χ2v) is 7.94. The molecule has 0 unspecified atom stereocenters. The average Bonchev–Trinajstić information content (AvgIpc) is 2.91. The fourth-order valence-electron chi connectivity index (χ4n) is 2.96. The van der Waals surface area contributed by atoms with Gasteiger partial charge >= 0.3 is 5.97 Å². The highest BCUT2D eigenvalue weighted by molar-refractivity contribution is 7.92. The number of H-pyrrole nitrogens is 1. The SMILES string of the molecule is COC(=O)c1[nH]c2ccc(C)cc2c1NS(=O)(=O)c1ccc(C)cc1C. The number of aromatic nitrogens is 1. The van der Waals surface area contributed by atoms with E-state index in [0.29, 0.717) is 16.5 Å². The number of ether oxygens (including phenoxy) is 1. The first-order chi connectivity index (χ1) is 12.2. The van der Waals surface area contributed by atoms with Gasteiger partial charge in [-0.15, -0.1) is 0 Å². The van der Waals surface area contributed by atoms with E-state index in [1.807, 2.05) is 26.0 Å². The van der Waals surface area contributed by atoms with Crippen LogP contribution in [0.5, 0.6) is 0 Å². The molecule has 0 aliphatic carbocycles. The smallest absolute Gasteiger partial charge is 0.356 e. The summed E-state index contributed by atoms with van der Waals surface area (Å²) in [6, 6.07) is 10.6. The number of hydrogen-bond acceptors (Lipinski definition) is 4. The first-order valence-electron chi connectivity index (χ1n) is 8.03. The Balaban J connectivity index is 2.18. The van der Waals surface area contributed by atoms with Crippen molar-refractivity contribution in [2.75, 3.05) is 11.8 Å². The number of esters is 1. The van der Waals surface area contributed by atoms with E-state index in [1.165, 1.54) is 7.11 Å². The third-order valence-corrected chi connectivity index (χ3v) is 5.71. The lowest BCUT2D eigenvalue weighted by molar-refractivity contribution is 0.0596. The Morgan fingerprint density at radius 3 is 2.35 bits per heavy atom. The predicted molar refractivity (Wildman–Crippen MR) is 101 cm³/mol. The van der Waals surface area contributed by atoms with E-state index in [4.69, 9.17) is 4.74 Å². The predicted octanol–water partition coefficient (Wildman–Crippen LogP) is 3.68. The van der Waals surface area contributed by atoms with Crippen LogP contribution in [0.4, 0.5) is 5.69 Å². The van der Waals surface area contributed by atoms with Gasteiger partial charge in [0.15, 0.2) is 5.69 Å². The van der Waals surface area contributed by atoms with Crippen molar-refractivity contribution >= 4 is 32.6 Å². The number of anilines is 1. The van der Waals surface area contributed by atoms with Crippen molar-refractivity contribution in [3.63, 3.8) is 0 Å². The Morgan fingerprint density at radius 2 is 1.69 bits per heavy atom. The first kappa shape index (κ1) is 18.0. The lowest BCUT2D eigenvalue weighted by Crippen LogP contribution is -2.16. The van der Waals surface area contributed by atoms with E-state index in [2.05, 4.69) is 9.71 Å². The lowest BCUT2D eigenvalue weighted by atomic mass is 10.1. The zero-order valence-corrected chi connectivity index (χ0v) is 15.8. The van der Waals surface area contributed by atoms with Gasteiger partial charge < -0.3 is 9.72 Å². The molecule has 0 atom stereocenters. The standard InChI is InChI=1S/C19H20N2O4S/c1-11-6-8-16(13(3)9-11)26(23,24)21-17-14-10-12(2)5-7-15(14)20-18(17)19(22)25-4/h5-10,20-21H,1-4H3. The van der Waals surface area contributed by atoms with Crippen LogP contribution in [0.3, 0.4) is 0 Å². The summed E-state index contributed by atoms with van der Waals surface area (Å²) in [6.07, 6.45) is 0. The van der Waals surface area contributed by atoms with Crippen LogP contribution in [0, 0.1) is 20.8 Å². The number of hydrogen-bond donors (Lipinski definition) is 2. The van der Waals surface area contributed by atoms with Gasteiger partial charge in [-0.1, -0.05) is 29.3 Å². The van der Waals surface area contributed by atoms with E-state index in [1.54, 1.807) is 31.2 Å². The molecule has 136 valence electrons. The van der Waals surface area contributed by atoms with Crippen LogP contribution in [0.1, 0.15) is 27.2 Å². The maximum absolute atomic E-state index is 12.9. The molecule has 0 aliphatic rings. The number of aryl methyl sites for hydroxylation is 3. The topological polar surface area (TPSA) is 88.3 Å². The molecular formula is C19H20N2O4S. The van der Waals surface area contributed by atoms with Crippen LogP contribution in [0.2, 0.25) is 0 Å². The van der Waals surface area contributed by atoms with Crippen LogP contribution in [0.15, 0.2) is 41.3 Å². The molecule has 0 bridgehead atoms. The summed E-state index contributed by atoms with van der Waals surface area (Å²) in [5.41, 5.74) is 3.46. The van der Waals surface area contributed by atoms with Gasteiger partial charge in [-0.3, -0.25) is 4.72 Å². The molecule has 6 nitrogen and oxygen atoms in total. The van der Waals surface area contributed by atoms with Crippen molar-refractivity contribution in [1.29, 1.82) is 0 Å². The molecule has 7 heteroatoms. The normalized spacial score (nSPS) is 11.5. The number of fused-ring (bicyclic) bond motifs is 1. The summed E-state index contributed by atoms with van der Waals surface area (Å²) in [6.45, 7) is 5.53. The highest BCUT2D eigenvalue weighted by Crippen LogP contribution is 2.31. The molecule has 26 heavy (non-hydrogen) atoms. The molecular weight excluding hydrogens is 352 g/mol. The number of rotatable bonds is 4. The van der Waals surface area contributed by atoms with Crippen molar-refractivity contribution in [3.8, 4) is 0 Å². The van der Waals surface area contributed by atoms with E-state index in [9.17, 15) is 13.2 Å². The van der Waals surface area contributed by atoms with Gasteiger partial charge in [0.05, 0.1) is 17.7 Å². The quantitative estimate of drug-likeness (QED) is 0.684. The molecule has 0 aliphatic heterocycles. The molecule has 1 heterocycles. The van der Waals surface area contributed by atoms with Gasteiger partial charge in [-0.25, -0.2) is 13.2 Å². The summed E-state index contributed by atoms with van der Waals surface area (Å²) < 4.78 is 33.3. The first-order valence-corrected chi connectivity index (χ1v) is 9.52. The molecule has 0 saturated heterocycles. The van der Waals surface area contributed by atoms with Crippen LogP contribution >= 0.6 is 0 Å². The summed E-state index contributed by atoms with van der Waals surface area (Å²) in [4.78, 5) is 15.2. The number of sulfonamides is 1. The van der Waals surface area contributed by atoms with E-state index < -0.39 is 16.0 Å². The number of benzene rings is 2. The Morgan fingerprint density at radius 1 is 1.04 bits per heavy atom. The molecule has 0 radical (unpaired) electrons. The molecule has 0 spiro atoms. The highest BCUT2D eigenvalue weighted by Gasteiger charge is 2.24. The Hall–Kier alpha value is -2.80. The summed E-state index contributed by atoms with van der Waals surface area (Å²) in [5.74, 6) is -0.641. The fraction of sp³-hybridized carbons (Fsp3) is 0.211. The van der Waals surface area contributed by atoms with Crippen LogP contribution in [-0.4, -0.2) is 26.5 Å². The Kier molecular flexibility index (Phi) is 4.50. The summed E-state index contributed by atoms with van der Waals surface area (Å²) in [5, 5.41) is 0.610.